The molecule has 3 rings (SSSR count). The van der Waals surface area contributed by atoms with E-state index in [-0.39, 0.29) is 11.3 Å². The molecular formula is C19H15O3P. The zero-order chi connectivity index (χ0) is 16.2. The minimum Gasteiger partial charge on any atom is -0.507 e. The van der Waals surface area contributed by atoms with Gasteiger partial charge in [-0.1, -0.05) is 60.7 Å². The number of benzene rings is 3. The first-order valence-electron chi connectivity index (χ1n) is 7.13. The average Bonchev–Trinajstić information content (AvgIpc) is 2.58. The van der Waals surface area contributed by atoms with Crippen LogP contribution in [0.5, 0.6) is 5.75 Å². The topological polar surface area (TPSA) is 57.5 Å². The van der Waals surface area contributed by atoms with E-state index in [9.17, 15) is 15.0 Å². The summed E-state index contributed by atoms with van der Waals surface area (Å²) in [5, 5.41) is 22.4. The molecule has 4 heteroatoms. The highest BCUT2D eigenvalue weighted by atomic mass is 31.1. The summed E-state index contributed by atoms with van der Waals surface area (Å²) in [4.78, 5) is 11.3. The molecule has 0 atom stereocenters. The molecule has 0 heterocycles. The molecule has 0 saturated heterocycles. The fraction of sp³-hybridized carbons (Fsp3) is 0. The highest BCUT2D eigenvalue weighted by Gasteiger charge is 2.20. The second-order valence-electron chi connectivity index (χ2n) is 5.02. The summed E-state index contributed by atoms with van der Waals surface area (Å²) in [6, 6.07) is 24.2. The van der Waals surface area contributed by atoms with Crippen molar-refractivity contribution in [3.05, 3.63) is 84.4 Å². The number of aromatic hydroxyl groups is 1. The third kappa shape index (κ3) is 3.25. The van der Waals surface area contributed by atoms with E-state index >= 15 is 0 Å². The van der Waals surface area contributed by atoms with E-state index < -0.39 is 13.9 Å². The number of aromatic carboxylic acids is 1. The van der Waals surface area contributed by atoms with Gasteiger partial charge in [-0.2, -0.15) is 0 Å². The number of carbonyl (C=O) groups is 1. The third-order valence-corrected chi connectivity index (χ3v) is 5.96. The van der Waals surface area contributed by atoms with E-state index in [4.69, 9.17) is 0 Å². The summed E-state index contributed by atoms with van der Waals surface area (Å²) in [7, 11) is -1.02. The van der Waals surface area contributed by atoms with Crippen LogP contribution in [0.3, 0.4) is 0 Å². The number of hydrogen-bond acceptors (Lipinski definition) is 2. The van der Waals surface area contributed by atoms with Crippen molar-refractivity contribution >= 4 is 29.8 Å². The first kappa shape index (κ1) is 15.3. The Kier molecular flexibility index (Phi) is 4.40. The van der Waals surface area contributed by atoms with Crippen molar-refractivity contribution in [1.29, 1.82) is 0 Å². The Labute approximate surface area is 135 Å². The standard InChI is InChI=1S/C19H15O3P/c20-17-12-11-14(19(21)22)13-18(17)23(15-7-3-1-4-8-15)16-9-5-2-6-10-16/h1-13,20H,(H,21,22). The molecule has 0 aliphatic carbocycles. The van der Waals surface area contributed by atoms with Crippen molar-refractivity contribution in [2.24, 2.45) is 0 Å². The molecule has 0 unspecified atom stereocenters. The summed E-state index contributed by atoms with van der Waals surface area (Å²) >= 11 is 0. The Balaban J connectivity index is 2.21. The van der Waals surface area contributed by atoms with Crippen LogP contribution >= 0.6 is 7.92 Å². The van der Waals surface area contributed by atoms with Crippen molar-refractivity contribution in [3.63, 3.8) is 0 Å². The first-order valence-corrected chi connectivity index (χ1v) is 8.47. The van der Waals surface area contributed by atoms with Crippen molar-refractivity contribution in [3.8, 4) is 5.75 Å². The van der Waals surface area contributed by atoms with Crippen molar-refractivity contribution in [2.45, 2.75) is 0 Å². The molecular weight excluding hydrogens is 307 g/mol. The Bertz CT molecular complexity index is 777. The van der Waals surface area contributed by atoms with E-state index in [0.29, 0.717) is 5.30 Å². The second-order valence-corrected chi connectivity index (χ2v) is 7.20. The third-order valence-electron chi connectivity index (χ3n) is 3.49. The predicted molar refractivity (Wildman–Crippen MR) is 93.8 cm³/mol. The van der Waals surface area contributed by atoms with Gasteiger partial charge in [-0.3, -0.25) is 0 Å². The molecule has 0 aliphatic heterocycles. The van der Waals surface area contributed by atoms with Gasteiger partial charge in [0.2, 0.25) is 0 Å². The predicted octanol–water partition coefficient (Wildman–Crippen LogP) is 2.85. The number of rotatable bonds is 4. The van der Waals surface area contributed by atoms with E-state index in [1.807, 2.05) is 60.7 Å². The number of phenols is 1. The van der Waals surface area contributed by atoms with Crippen molar-refractivity contribution < 1.29 is 15.0 Å². The van der Waals surface area contributed by atoms with Gasteiger partial charge in [0.15, 0.2) is 0 Å². The van der Waals surface area contributed by atoms with Crippen LogP contribution in [0, 0.1) is 0 Å². The van der Waals surface area contributed by atoms with Gasteiger partial charge >= 0.3 is 5.97 Å². The summed E-state index contributed by atoms with van der Waals surface area (Å²) in [6.45, 7) is 0. The highest BCUT2D eigenvalue weighted by molar-refractivity contribution is 7.80. The lowest BCUT2D eigenvalue weighted by atomic mass is 10.2. The maximum Gasteiger partial charge on any atom is 0.335 e. The summed E-state index contributed by atoms with van der Waals surface area (Å²) in [5.41, 5.74) is 0.178. The number of carboxylic acid groups (broad SMARTS) is 1. The van der Waals surface area contributed by atoms with Crippen LogP contribution in [0.4, 0.5) is 0 Å². The Hall–Kier alpha value is -2.64. The lowest BCUT2D eigenvalue weighted by Gasteiger charge is -2.20. The lowest BCUT2D eigenvalue weighted by molar-refractivity contribution is 0.0697. The number of hydrogen-bond donors (Lipinski definition) is 2. The van der Waals surface area contributed by atoms with E-state index in [0.717, 1.165) is 10.6 Å². The minimum absolute atomic E-state index is 0.119. The maximum absolute atomic E-state index is 11.3. The molecule has 0 fully saturated rings. The smallest absolute Gasteiger partial charge is 0.335 e. The minimum atomic E-state index is -1.02. The molecule has 114 valence electrons. The van der Waals surface area contributed by atoms with E-state index in [1.54, 1.807) is 6.07 Å². The maximum atomic E-state index is 11.3. The van der Waals surface area contributed by atoms with Gasteiger partial charge in [0, 0.05) is 5.30 Å². The molecule has 0 amide bonds. The van der Waals surface area contributed by atoms with Crippen molar-refractivity contribution in [2.75, 3.05) is 0 Å². The Morgan fingerprint density at radius 2 is 1.30 bits per heavy atom. The van der Waals surface area contributed by atoms with Crippen molar-refractivity contribution in [1.82, 2.24) is 0 Å². The Morgan fingerprint density at radius 3 is 1.78 bits per heavy atom. The fourth-order valence-electron chi connectivity index (χ4n) is 2.42. The molecule has 3 nitrogen and oxygen atoms in total. The normalized spacial score (nSPS) is 10.7. The summed E-state index contributed by atoms with van der Waals surface area (Å²) in [5.74, 6) is -0.879. The van der Waals surface area contributed by atoms with Crippen LogP contribution in [0.25, 0.3) is 0 Å². The van der Waals surface area contributed by atoms with E-state index in [1.165, 1.54) is 12.1 Å². The van der Waals surface area contributed by atoms with Gasteiger partial charge in [-0.15, -0.1) is 0 Å². The zero-order valence-electron chi connectivity index (χ0n) is 12.3. The molecule has 0 bridgehead atoms. The van der Waals surface area contributed by atoms with Gasteiger partial charge in [0.1, 0.15) is 5.75 Å². The average molecular weight is 322 g/mol. The monoisotopic (exact) mass is 322 g/mol. The van der Waals surface area contributed by atoms with Gasteiger partial charge in [-0.25, -0.2) is 4.79 Å². The second kappa shape index (κ2) is 6.64. The Morgan fingerprint density at radius 1 is 0.783 bits per heavy atom. The largest absolute Gasteiger partial charge is 0.507 e. The molecule has 0 aliphatic rings. The first-order chi connectivity index (χ1) is 11.2. The van der Waals surface area contributed by atoms with E-state index in [2.05, 4.69) is 0 Å². The van der Waals surface area contributed by atoms with Gasteiger partial charge in [0.05, 0.1) is 5.56 Å². The van der Waals surface area contributed by atoms with Crippen LogP contribution in [-0.4, -0.2) is 16.2 Å². The van der Waals surface area contributed by atoms with Crippen LogP contribution in [0.2, 0.25) is 0 Å². The molecule has 0 spiro atoms. The van der Waals surface area contributed by atoms with Gasteiger partial charge in [0.25, 0.3) is 0 Å². The van der Waals surface area contributed by atoms with Crippen LogP contribution in [0.15, 0.2) is 78.9 Å². The van der Waals surface area contributed by atoms with Gasteiger partial charge < -0.3 is 10.2 Å². The molecule has 0 saturated carbocycles. The van der Waals surface area contributed by atoms with Crippen LogP contribution in [0.1, 0.15) is 10.4 Å². The summed E-state index contributed by atoms with van der Waals surface area (Å²) in [6.07, 6.45) is 0. The van der Waals surface area contributed by atoms with Crippen LogP contribution in [-0.2, 0) is 0 Å². The molecule has 0 aromatic heterocycles. The molecule has 0 radical (unpaired) electrons. The fourth-order valence-corrected chi connectivity index (χ4v) is 4.78. The molecule has 23 heavy (non-hydrogen) atoms. The quantitative estimate of drug-likeness (QED) is 0.726. The van der Waals surface area contributed by atoms with Crippen LogP contribution < -0.4 is 15.9 Å². The molecule has 2 N–H and O–H groups in total. The molecule has 3 aromatic rings. The van der Waals surface area contributed by atoms with Gasteiger partial charge in [-0.05, 0) is 36.7 Å². The lowest BCUT2D eigenvalue weighted by Crippen LogP contribution is -2.21. The number of carboxylic acids is 1. The highest BCUT2D eigenvalue weighted by Crippen LogP contribution is 2.36. The molecule has 3 aromatic carbocycles. The zero-order valence-corrected chi connectivity index (χ0v) is 13.1. The summed E-state index contributed by atoms with van der Waals surface area (Å²) < 4.78 is 0. The number of phenolic OH excluding ortho intramolecular Hbond substituents is 1. The SMILES string of the molecule is O=C(O)c1ccc(O)c(P(c2ccccc2)c2ccccc2)c1.